The van der Waals surface area contributed by atoms with Crippen LogP contribution in [-0.4, -0.2) is 23.0 Å². The van der Waals surface area contributed by atoms with E-state index in [4.69, 9.17) is 26.8 Å². The number of nitrogens with one attached hydrogen (secondary N) is 2. The minimum atomic E-state index is -0.336. The second-order valence-electron chi connectivity index (χ2n) is 5.70. The van der Waals surface area contributed by atoms with Crippen molar-refractivity contribution in [3.8, 4) is 11.5 Å². The topological polar surface area (TPSA) is 115 Å². The molecule has 0 unspecified atom stereocenters. The number of nitrogens with zero attached hydrogens (tertiary/aromatic N) is 2. The van der Waals surface area contributed by atoms with Crippen LogP contribution in [0.1, 0.15) is 5.69 Å². The molecule has 9 heteroatoms. The Hall–Kier alpha value is -3.36. The van der Waals surface area contributed by atoms with Gasteiger partial charge >= 0.3 is 0 Å². The standard InChI is InChI=1S/C19H18ClN5O3/c1-27-11-14-10-17(26)24-19(23-14)25-18(21)22-13-4-8-16(9-5-13)28-15-6-2-12(20)3-7-15/h2-10H,11H2,1H3,(H4,21,22,23,24,25,26). The maximum Gasteiger partial charge on any atom is 0.252 e. The quantitative estimate of drug-likeness (QED) is 0.432. The molecular weight excluding hydrogens is 382 g/mol. The van der Waals surface area contributed by atoms with Crippen LogP contribution < -0.4 is 21.3 Å². The summed E-state index contributed by atoms with van der Waals surface area (Å²) in [5.41, 5.74) is 6.71. The van der Waals surface area contributed by atoms with Crippen LogP contribution >= 0.6 is 11.6 Å². The number of aromatic amines is 1. The fourth-order valence-corrected chi connectivity index (χ4v) is 2.43. The lowest BCUT2D eigenvalue weighted by Gasteiger charge is -2.08. The molecule has 2 aromatic carbocycles. The number of benzene rings is 2. The Morgan fingerprint density at radius 1 is 1.18 bits per heavy atom. The zero-order valence-corrected chi connectivity index (χ0v) is 15.7. The van der Waals surface area contributed by atoms with Crippen LogP contribution in [0.15, 0.2) is 64.4 Å². The van der Waals surface area contributed by atoms with Gasteiger partial charge in [0, 0.05) is 23.9 Å². The van der Waals surface area contributed by atoms with E-state index in [9.17, 15) is 4.79 Å². The van der Waals surface area contributed by atoms with E-state index in [0.29, 0.717) is 27.9 Å². The van der Waals surface area contributed by atoms with E-state index >= 15 is 0 Å². The summed E-state index contributed by atoms with van der Waals surface area (Å²) in [6.45, 7) is 0.203. The Balaban J connectivity index is 1.67. The summed E-state index contributed by atoms with van der Waals surface area (Å²) in [6.07, 6.45) is 0. The lowest BCUT2D eigenvalue weighted by Crippen LogP contribution is -2.22. The number of aliphatic imine (C=N–C) groups is 1. The number of rotatable bonds is 6. The summed E-state index contributed by atoms with van der Waals surface area (Å²) in [6, 6.07) is 15.5. The highest BCUT2D eigenvalue weighted by molar-refractivity contribution is 6.30. The highest BCUT2D eigenvalue weighted by atomic mass is 35.5. The van der Waals surface area contributed by atoms with Gasteiger partial charge < -0.3 is 20.5 Å². The van der Waals surface area contributed by atoms with Crippen molar-refractivity contribution in [2.75, 3.05) is 12.4 Å². The van der Waals surface area contributed by atoms with Crippen LogP contribution in [0, 0.1) is 0 Å². The number of hydrogen-bond acceptors (Lipinski definition) is 5. The number of anilines is 1. The normalized spacial score (nSPS) is 11.3. The Kier molecular flexibility index (Phi) is 6.25. The van der Waals surface area contributed by atoms with Gasteiger partial charge in [-0.1, -0.05) is 11.6 Å². The van der Waals surface area contributed by atoms with Gasteiger partial charge in [0.25, 0.3) is 5.56 Å². The number of halogens is 1. The number of hydrogen-bond donors (Lipinski definition) is 3. The van der Waals surface area contributed by atoms with Crippen molar-refractivity contribution in [1.29, 1.82) is 0 Å². The van der Waals surface area contributed by atoms with Crippen molar-refractivity contribution in [2.45, 2.75) is 6.61 Å². The van der Waals surface area contributed by atoms with Crippen LogP contribution in [0.5, 0.6) is 11.5 Å². The lowest BCUT2D eigenvalue weighted by molar-refractivity contribution is 0.181. The van der Waals surface area contributed by atoms with Crippen LogP contribution in [0.4, 0.5) is 11.6 Å². The Morgan fingerprint density at radius 3 is 2.46 bits per heavy atom. The molecule has 3 aromatic rings. The monoisotopic (exact) mass is 399 g/mol. The lowest BCUT2D eigenvalue weighted by atomic mass is 10.3. The van der Waals surface area contributed by atoms with Gasteiger partial charge in [-0.25, -0.2) is 4.98 Å². The molecule has 0 saturated carbocycles. The van der Waals surface area contributed by atoms with Crippen molar-refractivity contribution < 1.29 is 9.47 Å². The SMILES string of the molecule is COCc1cc(=O)[nH]c(/N=C(\N)Nc2ccc(Oc3ccc(Cl)cc3)cc2)n1. The van der Waals surface area contributed by atoms with Crippen LogP contribution in [0.2, 0.25) is 5.02 Å². The summed E-state index contributed by atoms with van der Waals surface area (Å²) < 4.78 is 10.7. The molecule has 0 spiro atoms. The Labute approximate surface area is 166 Å². The minimum Gasteiger partial charge on any atom is -0.457 e. The molecule has 1 heterocycles. The molecule has 8 nitrogen and oxygen atoms in total. The third-order valence-corrected chi connectivity index (χ3v) is 3.73. The van der Waals surface area contributed by atoms with Crippen LogP contribution in [0.3, 0.4) is 0 Å². The maximum atomic E-state index is 11.6. The van der Waals surface area contributed by atoms with Crippen LogP contribution in [-0.2, 0) is 11.3 Å². The largest absolute Gasteiger partial charge is 0.457 e. The molecule has 0 bridgehead atoms. The van der Waals surface area contributed by atoms with E-state index < -0.39 is 0 Å². The van der Waals surface area contributed by atoms with Gasteiger partial charge in [-0.3, -0.25) is 9.78 Å². The highest BCUT2D eigenvalue weighted by Gasteiger charge is 2.03. The van der Waals surface area contributed by atoms with Gasteiger partial charge in [0.2, 0.25) is 11.9 Å². The number of nitrogens with two attached hydrogens (primary N) is 1. The zero-order chi connectivity index (χ0) is 19.9. The van der Waals surface area contributed by atoms with Gasteiger partial charge in [-0.15, -0.1) is 0 Å². The molecule has 0 aliphatic rings. The summed E-state index contributed by atoms with van der Waals surface area (Å²) in [4.78, 5) is 22.4. The summed E-state index contributed by atoms with van der Waals surface area (Å²) in [5.74, 6) is 1.50. The first kappa shape index (κ1) is 19.4. The average Bonchev–Trinajstić information content (AvgIpc) is 2.65. The van der Waals surface area contributed by atoms with E-state index in [1.54, 1.807) is 48.5 Å². The summed E-state index contributed by atoms with van der Waals surface area (Å²) in [5, 5.41) is 3.57. The number of methoxy groups -OCH3 is 1. The predicted octanol–water partition coefficient (Wildman–Crippen LogP) is 3.42. The molecule has 28 heavy (non-hydrogen) atoms. The van der Waals surface area contributed by atoms with E-state index in [-0.39, 0.29) is 24.1 Å². The molecule has 4 N–H and O–H groups in total. The molecule has 3 rings (SSSR count). The Morgan fingerprint density at radius 2 is 1.82 bits per heavy atom. The second-order valence-corrected chi connectivity index (χ2v) is 6.13. The minimum absolute atomic E-state index is 0.0732. The van der Waals surface area contributed by atoms with Gasteiger partial charge in [0.05, 0.1) is 12.3 Å². The first-order valence-electron chi connectivity index (χ1n) is 8.26. The maximum absolute atomic E-state index is 11.6. The smallest absolute Gasteiger partial charge is 0.252 e. The Bertz CT molecular complexity index is 1020. The second kappa shape index (κ2) is 9.03. The van der Waals surface area contributed by atoms with Crippen molar-refractivity contribution >= 4 is 29.2 Å². The molecule has 0 radical (unpaired) electrons. The molecule has 0 atom stereocenters. The summed E-state index contributed by atoms with van der Waals surface area (Å²) in [7, 11) is 1.52. The van der Waals surface area contributed by atoms with Crippen LogP contribution in [0.25, 0.3) is 0 Å². The number of H-pyrrole nitrogens is 1. The van der Waals surface area contributed by atoms with E-state index in [2.05, 4.69) is 20.3 Å². The van der Waals surface area contributed by atoms with E-state index in [1.165, 1.54) is 13.2 Å². The van der Waals surface area contributed by atoms with E-state index in [1.807, 2.05) is 0 Å². The van der Waals surface area contributed by atoms with Crippen molar-refractivity contribution in [1.82, 2.24) is 9.97 Å². The average molecular weight is 400 g/mol. The fourth-order valence-electron chi connectivity index (χ4n) is 2.30. The third-order valence-electron chi connectivity index (χ3n) is 3.48. The molecule has 0 saturated heterocycles. The van der Waals surface area contributed by atoms with Gasteiger partial charge in [0.15, 0.2) is 0 Å². The molecule has 0 amide bonds. The number of ether oxygens (including phenoxy) is 2. The molecule has 1 aromatic heterocycles. The van der Waals surface area contributed by atoms with Gasteiger partial charge in [-0.2, -0.15) is 4.99 Å². The van der Waals surface area contributed by atoms with Crippen molar-refractivity contribution in [3.05, 3.63) is 75.7 Å². The molecule has 144 valence electrons. The molecule has 0 aliphatic carbocycles. The third kappa shape index (κ3) is 5.57. The van der Waals surface area contributed by atoms with Gasteiger partial charge in [0.1, 0.15) is 11.5 Å². The number of aromatic nitrogens is 2. The predicted molar refractivity (Wildman–Crippen MR) is 108 cm³/mol. The molecule has 0 fully saturated rings. The number of guanidine groups is 1. The van der Waals surface area contributed by atoms with Crippen molar-refractivity contribution in [2.24, 2.45) is 10.7 Å². The highest BCUT2D eigenvalue weighted by Crippen LogP contribution is 2.24. The molecule has 0 aliphatic heterocycles. The van der Waals surface area contributed by atoms with Crippen molar-refractivity contribution in [3.63, 3.8) is 0 Å². The fraction of sp³-hybridized carbons (Fsp3) is 0.105. The first-order chi connectivity index (χ1) is 13.5. The summed E-state index contributed by atoms with van der Waals surface area (Å²) >= 11 is 5.86. The van der Waals surface area contributed by atoms with Gasteiger partial charge in [-0.05, 0) is 48.5 Å². The molecular formula is C19H18ClN5O3. The van der Waals surface area contributed by atoms with E-state index in [0.717, 1.165) is 0 Å². The zero-order valence-electron chi connectivity index (χ0n) is 15.0. The first-order valence-corrected chi connectivity index (χ1v) is 8.63.